The molecule has 1 aromatic heterocycles. The summed E-state index contributed by atoms with van der Waals surface area (Å²) >= 11 is 0. The van der Waals surface area contributed by atoms with E-state index in [9.17, 15) is 18.0 Å². The number of aromatic amines is 1. The predicted octanol–water partition coefficient (Wildman–Crippen LogP) is 3.23. The van der Waals surface area contributed by atoms with E-state index in [2.05, 4.69) is 5.10 Å². The van der Waals surface area contributed by atoms with Gasteiger partial charge in [-0.15, -0.1) is 0 Å². The number of hydrogen-bond donors (Lipinski definition) is 1. The van der Waals surface area contributed by atoms with Crippen LogP contribution in [0.25, 0.3) is 0 Å². The molecule has 0 aliphatic rings. The van der Waals surface area contributed by atoms with Crippen molar-refractivity contribution in [3.05, 3.63) is 47.3 Å². The normalized spacial score (nSPS) is 12.7. The fourth-order valence-corrected chi connectivity index (χ4v) is 2.04. The number of esters is 1. The summed E-state index contributed by atoms with van der Waals surface area (Å²) in [6.07, 6.45) is -4.10. The number of halogens is 3. The Balaban J connectivity index is 2.01. The average molecular weight is 328 g/mol. The number of alkyl halides is 3. The molecule has 0 bridgehead atoms. The van der Waals surface area contributed by atoms with Crippen LogP contribution in [-0.4, -0.2) is 29.4 Å². The van der Waals surface area contributed by atoms with Crippen molar-refractivity contribution < 1.29 is 27.4 Å². The summed E-state index contributed by atoms with van der Waals surface area (Å²) in [6.45, 7) is 1.61. The van der Waals surface area contributed by atoms with Crippen molar-refractivity contribution in [2.24, 2.45) is 0 Å². The Hall–Kier alpha value is -2.51. The molecular formula is C15H15F3N2O3. The molecule has 8 heteroatoms. The zero-order chi connectivity index (χ0) is 17.0. The smallest absolute Gasteiger partial charge is 0.433 e. The van der Waals surface area contributed by atoms with Crippen molar-refractivity contribution in [2.45, 2.75) is 25.6 Å². The van der Waals surface area contributed by atoms with Crippen molar-refractivity contribution in [1.82, 2.24) is 10.2 Å². The zero-order valence-corrected chi connectivity index (χ0v) is 12.5. The van der Waals surface area contributed by atoms with Crippen LogP contribution in [-0.2, 0) is 17.3 Å². The van der Waals surface area contributed by atoms with Gasteiger partial charge in [0.05, 0.1) is 13.3 Å². The molecule has 1 atom stereocenters. The van der Waals surface area contributed by atoms with E-state index in [1.54, 1.807) is 43.4 Å². The number of ether oxygens (including phenoxy) is 2. The largest absolute Gasteiger partial charge is 0.497 e. The molecule has 2 aromatic rings. The summed E-state index contributed by atoms with van der Waals surface area (Å²) in [5, 5.41) is 5.03. The molecule has 0 aliphatic carbocycles. The monoisotopic (exact) mass is 328 g/mol. The van der Waals surface area contributed by atoms with Gasteiger partial charge in [0.2, 0.25) is 0 Å². The highest BCUT2D eigenvalue weighted by atomic mass is 19.4. The average Bonchev–Trinajstić information content (AvgIpc) is 2.97. The summed E-state index contributed by atoms with van der Waals surface area (Å²) < 4.78 is 48.2. The van der Waals surface area contributed by atoms with Crippen molar-refractivity contribution >= 4 is 5.97 Å². The van der Waals surface area contributed by atoms with Gasteiger partial charge in [-0.05, 0) is 24.6 Å². The second-order valence-electron chi connectivity index (χ2n) is 4.92. The molecule has 5 nitrogen and oxygen atoms in total. The summed E-state index contributed by atoms with van der Waals surface area (Å²) in [6, 6.07) is 7.09. The van der Waals surface area contributed by atoms with Crippen LogP contribution in [0.5, 0.6) is 5.75 Å². The van der Waals surface area contributed by atoms with E-state index >= 15 is 0 Å². The summed E-state index contributed by atoms with van der Waals surface area (Å²) in [7, 11) is 1.54. The summed E-state index contributed by atoms with van der Waals surface area (Å²) in [5.41, 5.74) is -0.965. The van der Waals surface area contributed by atoms with E-state index in [1.807, 2.05) is 0 Å². The Morgan fingerprint density at radius 1 is 1.30 bits per heavy atom. The molecule has 0 spiro atoms. The van der Waals surface area contributed by atoms with Gasteiger partial charge in [0.1, 0.15) is 17.4 Å². The molecule has 1 heterocycles. The highest BCUT2D eigenvalue weighted by molar-refractivity contribution is 5.90. The Labute approximate surface area is 130 Å². The topological polar surface area (TPSA) is 64.2 Å². The maximum absolute atomic E-state index is 12.7. The van der Waals surface area contributed by atoms with Crippen LogP contribution in [0.1, 0.15) is 28.5 Å². The molecule has 1 unspecified atom stereocenters. The Kier molecular flexibility index (Phi) is 4.92. The second-order valence-corrected chi connectivity index (χ2v) is 4.92. The molecule has 23 heavy (non-hydrogen) atoms. The maximum atomic E-state index is 12.7. The highest BCUT2D eigenvalue weighted by Gasteiger charge is 2.38. The van der Waals surface area contributed by atoms with Crippen LogP contribution in [0, 0.1) is 0 Å². The number of H-pyrrole nitrogens is 1. The van der Waals surface area contributed by atoms with Gasteiger partial charge in [0, 0.05) is 6.42 Å². The number of carbonyl (C=O) groups is 1. The molecule has 0 aliphatic heterocycles. The number of methoxy groups -OCH3 is 1. The highest BCUT2D eigenvalue weighted by Crippen LogP contribution is 2.30. The Morgan fingerprint density at radius 2 is 1.96 bits per heavy atom. The third kappa shape index (κ3) is 4.24. The van der Waals surface area contributed by atoms with E-state index in [0.717, 1.165) is 11.8 Å². The van der Waals surface area contributed by atoms with Crippen LogP contribution in [0.3, 0.4) is 0 Å². The lowest BCUT2D eigenvalue weighted by Gasteiger charge is -2.14. The third-order valence-electron chi connectivity index (χ3n) is 3.13. The Bertz CT molecular complexity index is 665. The molecule has 0 radical (unpaired) electrons. The fraction of sp³-hybridized carbons (Fsp3) is 0.333. The second kappa shape index (κ2) is 6.72. The van der Waals surface area contributed by atoms with Crippen molar-refractivity contribution in [2.75, 3.05) is 7.11 Å². The van der Waals surface area contributed by atoms with Crippen molar-refractivity contribution in [3.8, 4) is 5.75 Å². The molecule has 0 saturated carbocycles. The van der Waals surface area contributed by atoms with Gasteiger partial charge >= 0.3 is 12.1 Å². The number of benzene rings is 1. The van der Waals surface area contributed by atoms with Crippen LogP contribution in [0.4, 0.5) is 13.2 Å². The standard InChI is InChI=1S/C15H15F3N2O3/c1-9(7-10-3-5-11(22-2)6-4-10)23-14(21)12-8-19-20-13(12)15(16,17)18/h3-6,8-9H,7H2,1-2H3,(H,19,20). The summed E-state index contributed by atoms with van der Waals surface area (Å²) in [4.78, 5) is 11.9. The van der Waals surface area contributed by atoms with Crippen LogP contribution >= 0.6 is 0 Å². The summed E-state index contributed by atoms with van der Waals surface area (Å²) in [5.74, 6) is -0.376. The number of nitrogens with zero attached hydrogens (tertiary/aromatic N) is 1. The molecule has 0 saturated heterocycles. The van der Waals surface area contributed by atoms with Crippen LogP contribution in [0.2, 0.25) is 0 Å². The predicted molar refractivity (Wildman–Crippen MR) is 75.2 cm³/mol. The van der Waals surface area contributed by atoms with Gasteiger partial charge in [-0.1, -0.05) is 12.1 Å². The van der Waals surface area contributed by atoms with Crippen LogP contribution < -0.4 is 4.74 Å². The van der Waals surface area contributed by atoms with Gasteiger partial charge < -0.3 is 9.47 Å². The van der Waals surface area contributed by atoms with Gasteiger partial charge in [0.25, 0.3) is 0 Å². The number of nitrogens with one attached hydrogen (secondary N) is 1. The van der Waals surface area contributed by atoms with Crippen molar-refractivity contribution in [1.29, 1.82) is 0 Å². The lowest BCUT2D eigenvalue weighted by atomic mass is 10.1. The van der Waals surface area contributed by atoms with Crippen molar-refractivity contribution in [3.63, 3.8) is 0 Å². The quantitative estimate of drug-likeness (QED) is 0.856. The molecule has 2 rings (SSSR count). The van der Waals surface area contributed by atoms with Gasteiger partial charge in [0.15, 0.2) is 5.69 Å². The molecular weight excluding hydrogens is 313 g/mol. The lowest BCUT2D eigenvalue weighted by Crippen LogP contribution is -2.20. The fourth-order valence-electron chi connectivity index (χ4n) is 2.04. The molecule has 124 valence electrons. The number of hydrogen-bond acceptors (Lipinski definition) is 4. The Morgan fingerprint density at radius 3 is 2.52 bits per heavy atom. The minimum absolute atomic E-state index is 0.370. The first-order chi connectivity index (χ1) is 10.8. The van der Waals surface area contributed by atoms with E-state index in [0.29, 0.717) is 12.2 Å². The van der Waals surface area contributed by atoms with E-state index in [-0.39, 0.29) is 0 Å². The van der Waals surface area contributed by atoms with Gasteiger partial charge in [-0.3, -0.25) is 5.10 Å². The first-order valence-corrected chi connectivity index (χ1v) is 6.75. The SMILES string of the molecule is COc1ccc(CC(C)OC(=O)c2cn[nH]c2C(F)(F)F)cc1. The van der Waals surface area contributed by atoms with Gasteiger partial charge in [-0.2, -0.15) is 18.3 Å². The minimum atomic E-state index is -4.69. The molecule has 1 aromatic carbocycles. The molecule has 1 N–H and O–H groups in total. The minimum Gasteiger partial charge on any atom is -0.497 e. The van der Waals surface area contributed by atoms with E-state index in [4.69, 9.17) is 9.47 Å². The zero-order valence-electron chi connectivity index (χ0n) is 12.5. The molecule has 0 fully saturated rings. The maximum Gasteiger partial charge on any atom is 0.433 e. The number of aromatic nitrogens is 2. The third-order valence-corrected chi connectivity index (χ3v) is 3.13. The first kappa shape index (κ1) is 16.9. The van der Waals surface area contributed by atoms with E-state index < -0.39 is 29.5 Å². The first-order valence-electron chi connectivity index (χ1n) is 6.75. The number of carbonyl (C=O) groups excluding carboxylic acids is 1. The van der Waals surface area contributed by atoms with Crippen LogP contribution in [0.15, 0.2) is 30.5 Å². The van der Waals surface area contributed by atoms with Gasteiger partial charge in [-0.25, -0.2) is 4.79 Å². The lowest BCUT2D eigenvalue weighted by molar-refractivity contribution is -0.141. The van der Waals surface area contributed by atoms with E-state index in [1.165, 1.54) is 0 Å². The number of rotatable bonds is 5. The molecule has 0 amide bonds.